The smallest absolute Gasteiger partial charge is 0.321 e. The van der Waals surface area contributed by atoms with E-state index in [1.165, 1.54) is 23.9 Å². The van der Waals surface area contributed by atoms with Crippen molar-refractivity contribution in [1.29, 1.82) is 0 Å². The molecule has 0 bridgehead atoms. The van der Waals surface area contributed by atoms with Gasteiger partial charge in [0.1, 0.15) is 11.6 Å². The Labute approximate surface area is 181 Å². The van der Waals surface area contributed by atoms with Crippen molar-refractivity contribution in [3.8, 4) is 5.69 Å². The Morgan fingerprint density at radius 2 is 1.90 bits per heavy atom. The highest BCUT2D eigenvalue weighted by Gasteiger charge is 2.26. The Bertz CT molecular complexity index is 1070. The number of imide groups is 1. The van der Waals surface area contributed by atoms with Crippen LogP contribution in [0.3, 0.4) is 0 Å². The van der Waals surface area contributed by atoms with Crippen molar-refractivity contribution in [2.75, 3.05) is 0 Å². The first-order valence-electron chi connectivity index (χ1n) is 9.16. The van der Waals surface area contributed by atoms with Crippen molar-refractivity contribution in [2.45, 2.75) is 29.8 Å². The molecule has 3 aromatic rings. The van der Waals surface area contributed by atoms with E-state index in [0.717, 1.165) is 5.56 Å². The van der Waals surface area contributed by atoms with Crippen LogP contribution in [0.25, 0.3) is 5.69 Å². The van der Waals surface area contributed by atoms with Crippen LogP contribution in [0, 0.1) is 5.82 Å². The Morgan fingerprint density at radius 3 is 2.63 bits per heavy atom. The van der Waals surface area contributed by atoms with Gasteiger partial charge < -0.3 is 5.32 Å². The van der Waals surface area contributed by atoms with Crippen LogP contribution in [0.2, 0.25) is 5.02 Å². The summed E-state index contributed by atoms with van der Waals surface area (Å²) in [6, 6.07) is 12.6. The summed E-state index contributed by atoms with van der Waals surface area (Å²) in [5.74, 6) is 0.435. The summed E-state index contributed by atoms with van der Waals surface area (Å²) < 4.78 is 15.3. The van der Waals surface area contributed by atoms with Gasteiger partial charge in [0.25, 0.3) is 0 Å². The van der Waals surface area contributed by atoms with E-state index in [4.69, 9.17) is 11.6 Å². The fourth-order valence-corrected chi connectivity index (χ4v) is 4.41. The van der Waals surface area contributed by atoms with E-state index in [0.29, 0.717) is 33.9 Å². The van der Waals surface area contributed by atoms with Gasteiger partial charge in [-0.15, -0.1) is 10.2 Å². The Hall–Kier alpha value is -2.91. The van der Waals surface area contributed by atoms with E-state index in [1.54, 1.807) is 16.7 Å². The van der Waals surface area contributed by atoms with Gasteiger partial charge in [0.2, 0.25) is 5.91 Å². The lowest BCUT2D eigenvalue weighted by molar-refractivity contribution is -0.121. The number of thioether (sulfide) groups is 1. The Kier molecular flexibility index (Phi) is 6.01. The van der Waals surface area contributed by atoms with Gasteiger partial charge in [-0.1, -0.05) is 41.6 Å². The number of carbonyl (C=O) groups is 2. The molecule has 2 N–H and O–H groups in total. The molecule has 2 heterocycles. The molecule has 1 fully saturated rings. The van der Waals surface area contributed by atoms with Gasteiger partial charge in [0, 0.05) is 35.3 Å². The summed E-state index contributed by atoms with van der Waals surface area (Å²) in [5, 5.41) is 14.8. The van der Waals surface area contributed by atoms with E-state index in [9.17, 15) is 14.0 Å². The zero-order chi connectivity index (χ0) is 21.1. The summed E-state index contributed by atoms with van der Waals surface area (Å²) in [6.07, 6.45) is 0.445. The molecule has 7 nitrogen and oxygen atoms in total. The average Bonchev–Trinajstić information content (AvgIpc) is 3.09. The van der Waals surface area contributed by atoms with E-state index in [-0.39, 0.29) is 18.1 Å². The van der Waals surface area contributed by atoms with Crippen molar-refractivity contribution in [2.24, 2.45) is 0 Å². The standard InChI is InChI=1S/C20H17ClFN5O2S/c21-16-4-2-1-3-12(16)11-30-20-26-25-17(9-14-10-18(28)24-19(29)23-14)27(20)15-7-5-13(22)6-8-15/h1-8,14H,9-11H2,(H2,23,24,28,29). The maximum Gasteiger partial charge on any atom is 0.321 e. The van der Waals surface area contributed by atoms with Gasteiger partial charge in [-0.05, 0) is 35.9 Å². The molecule has 154 valence electrons. The zero-order valence-corrected chi connectivity index (χ0v) is 17.2. The van der Waals surface area contributed by atoms with Gasteiger partial charge >= 0.3 is 6.03 Å². The van der Waals surface area contributed by atoms with E-state index in [1.807, 2.05) is 24.3 Å². The first kappa shape index (κ1) is 20.4. The number of benzene rings is 2. The number of amides is 3. The molecule has 30 heavy (non-hydrogen) atoms. The summed E-state index contributed by atoms with van der Waals surface area (Å²) in [4.78, 5) is 23.3. The number of urea groups is 1. The number of nitrogens with one attached hydrogen (secondary N) is 2. The predicted molar refractivity (Wildman–Crippen MR) is 111 cm³/mol. The van der Waals surface area contributed by atoms with Crippen LogP contribution in [0.5, 0.6) is 0 Å². The molecular weight excluding hydrogens is 429 g/mol. The first-order chi connectivity index (χ1) is 14.5. The summed E-state index contributed by atoms with van der Waals surface area (Å²) >= 11 is 7.69. The van der Waals surface area contributed by atoms with Crippen LogP contribution in [-0.2, 0) is 17.0 Å². The molecule has 1 unspecified atom stereocenters. The van der Waals surface area contributed by atoms with Crippen LogP contribution in [0.15, 0.2) is 53.7 Å². The first-order valence-corrected chi connectivity index (χ1v) is 10.5. The fourth-order valence-electron chi connectivity index (χ4n) is 3.15. The highest BCUT2D eigenvalue weighted by molar-refractivity contribution is 7.98. The zero-order valence-electron chi connectivity index (χ0n) is 15.6. The SMILES string of the molecule is O=C1CC(Cc2nnc(SCc3ccccc3Cl)n2-c2ccc(F)cc2)NC(=O)N1. The van der Waals surface area contributed by atoms with Crippen LogP contribution in [0.4, 0.5) is 9.18 Å². The molecule has 2 aromatic carbocycles. The lowest BCUT2D eigenvalue weighted by Gasteiger charge is -2.23. The molecule has 10 heteroatoms. The number of rotatable bonds is 6. The molecule has 4 rings (SSSR count). The van der Waals surface area contributed by atoms with Gasteiger partial charge in [-0.2, -0.15) is 0 Å². The second-order valence-corrected chi connectivity index (χ2v) is 8.07. The molecule has 1 aliphatic rings. The van der Waals surface area contributed by atoms with E-state index >= 15 is 0 Å². The molecule has 3 amide bonds. The molecule has 0 spiro atoms. The van der Waals surface area contributed by atoms with Crippen LogP contribution >= 0.6 is 23.4 Å². The van der Waals surface area contributed by atoms with E-state index < -0.39 is 12.1 Å². The quantitative estimate of drug-likeness (QED) is 0.567. The summed E-state index contributed by atoms with van der Waals surface area (Å²) in [6.45, 7) is 0. The van der Waals surface area contributed by atoms with Gasteiger partial charge in [-0.25, -0.2) is 9.18 Å². The average molecular weight is 446 g/mol. The number of carbonyl (C=O) groups excluding carboxylic acids is 2. The number of halogens is 2. The molecule has 0 saturated carbocycles. The van der Waals surface area contributed by atoms with Crippen LogP contribution < -0.4 is 10.6 Å². The molecule has 0 radical (unpaired) electrons. The third-order valence-electron chi connectivity index (χ3n) is 4.55. The summed E-state index contributed by atoms with van der Waals surface area (Å²) in [5.41, 5.74) is 1.64. The third-order valence-corrected chi connectivity index (χ3v) is 5.90. The third kappa shape index (κ3) is 4.63. The maximum absolute atomic E-state index is 13.4. The largest absolute Gasteiger partial charge is 0.334 e. The van der Waals surface area contributed by atoms with Crippen molar-refractivity contribution < 1.29 is 14.0 Å². The fraction of sp³-hybridized carbons (Fsp3) is 0.200. The van der Waals surface area contributed by atoms with E-state index in [2.05, 4.69) is 20.8 Å². The Balaban J connectivity index is 1.63. The van der Waals surface area contributed by atoms with Crippen LogP contribution in [0.1, 0.15) is 17.8 Å². The topological polar surface area (TPSA) is 88.9 Å². The molecular formula is C20H17ClFN5O2S. The number of aromatic nitrogens is 3. The molecule has 0 aliphatic carbocycles. The van der Waals surface area contributed by atoms with Crippen molar-refractivity contribution >= 4 is 35.3 Å². The molecule has 1 atom stereocenters. The second-order valence-electron chi connectivity index (χ2n) is 6.72. The lowest BCUT2D eigenvalue weighted by Crippen LogP contribution is -2.53. The molecule has 1 aliphatic heterocycles. The lowest BCUT2D eigenvalue weighted by atomic mass is 10.1. The van der Waals surface area contributed by atoms with Crippen molar-refractivity contribution in [3.63, 3.8) is 0 Å². The Morgan fingerprint density at radius 1 is 1.13 bits per heavy atom. The molecule has 1 saturated heterocycles. The normalized spacial score (nSPS) is 16.3. The minimum absolute atomic E-state index is 0.143. The number of hydrogen-bond donors (Lipinski definition) is 2. The van der Waals surface area contributed by atoms with Gasteiger partial charge in [0.05, 0.1) is 0 Å². The molecule has 1 aromatic heterocycles. The summed E-state index contributed by atoms with van der Waals surface area (Å²) in [7, 11) is 0. The predicted octanol–water partition coefficient (Wildman–Crippen LogP) is 3.49. The van der Waals surface area contributed by atoms with Crippen molar-refractivity contribution in [1.82, 2.24) is 25.4 Å². The van der Waals surface area contributed by atoms with Crippen LogP contribution in [-0.4, -0.2) is 32.7 Å². The number of nitrogens with zero attached hydrogens (tertiary/aromatic N) is 3. The minimum Gasteiger partial charge on any atom is -0.334 e. The van der Waals surface area contributed by atoms with Gasteiger partial charge in [-0.3, -0.25) is 14.7 Å². The second kappa shape index (κ2) is 8.85. The maximum atomic E-state index is 13.4. The van der Waals surface area contributed by atoms with Crippen molar-refractivity contribution in [3.05, 3.63) is 70.8 Å². The monoisotopic (exact) mass is 445 g/mol. The highest BCUT2D eigenvalue weighted by Crippen LogP contribution is 2.28. The minimum atomic E-state index is -0.530. The number of hydrogen-bond acceptors (Lipinski definition) is 5. The highest BCUT2D eigenvalue weighted by atomic mass is 35.5. The van der Waals surface area contributed by atoms with Gasteiger partial charge in [0.15, 0.2) is 5.16 Å².